The zero-order chi connectivity index (χ0) is 15.3. The average molecular weight is 283 g/mol. The molecule has 0 radical (unpaired) electrons. The summed E-state index contributed by atoms with van der Waals surface area (Å²) in [5, 5.41) is 0. The number of nitrogens with zero attached hydrogens (tertiary/aromatic N) is 1. The molecule has 0 aromatic carbocycles. The van der Waals surface area contributed by atoms with Gasteiger partial charge in [0, 0.05) is 19.5 Å². The lowest BCUT2D eigenvalue weighted by Gasteiger charge is -2.36. The third-order valence-corrected chi connectivity index (χ3v) is 3.92. The fourth-order valence-corrected chi connectivity index (χ4v) is 2.83. The summed E-state index contributed by atoms with van der Waals surface area (Å²) in [5.74, 6) is 0.310. The minimum atomic E-state index is -0.482. The molecule has 0 saturated heterocycles. The van der Waals surface area contributed by atoms with E-state index in [1.165, 1.54) is 19.3 Å². The topological polar surface area (TPSA) is 46.6 Å². The summed E-state index contributed by atoms with van der Waals surface area (Å²) in [6.07, 6.45) is 5.14. The van der Waals surface area contributed by atoms with Crippen LogP contribution < -0.4 is 0 Å². The molecule has 1 aliphatic carbocycles. The fraction of sp³-hybridized carbons (Fsp3) is 0.875. The first-order chi connectivity index (χ1) is 9.20. The highest BCUT2D eigenvalue weighted by Gasteiger charge is 2.28. The van der Waals surface area contributed by atoms with Gasteiger partial charge in [0.2, 0.25) is 5.91 Å². The molecule has 4 nitrogen and oxygen atoms in total. The van der Waals surface area contributed by atoms with E-state index in [0.29, 0.717) is 12.0 Å². The van der Waals surface area contributed by atoms with Gasteiger partial charge in [-0.1, -0.05) is 19.8 Å². The minimum absolute atomic E-state index is 0.0506. The number of ether oxygens (including phenoxy) is 1. The summed E-state index contributed by atoms with van der Waals surface area (Å²) in [7, 11) is 1.86. The van der Waals surface area contributed by atoms with Crippen LogP contribution >= 0.6 is 0 Å². The van der Waals surface area contributed by atoms with E-state index in [4.69, 9.17) is 4.74 Å². The SMILES string of the molecule is CC1CCCCC1N(C)C(=O)CCC(=O)OC(C)(C)C. The van der Waals surface area contributed by atoms with Crippen LogP contribution in [0.5, 0.6) is 0 Å². The van der Waals surface area contributed by atoms with E-state index < -0.39 is 5.60 Å². The molecule has 1 amide bonds. The number of hydrogen-bond donors (Lipinski definition) is 0. The standard InChI is InChI=1S/C16H29NO3/c1-12-8-6-7-9-13(12)17(5)14(18)10-11-15(19)20-16(2,3)4/h12-13H,6-11H2,1-5H3. The van der Waals surface area contributed by atoms with Crippen molar-refractivity contribution in [1.82, 2.24) is 4.90 Å². The first-order valence-electron chi connectivity index (χ1n) is 7.68. The van der Waals surface area contributed by atoms with E-state index in [1.807, 2.05) is 32.7 Å². The molecule has 116 valence electrons. The lowest BCUT2D eigenvalue weighted by Crippen LogP contribution is -2.42. The molecule has 0 N–H and O–H groups in total. The fourth-order valence-electron chi connectivity index (χ4n) is 2.83. The largest absolute Gasteiger partial charge is 0.460 e. The summed E-state index contributed by atoms with van der Waals surface area (Å²) < 4.78 is 5.22. The first kappa shape index (κ1) is 17.0. The monoisotopic (exact) mass is 283 g/mol. The second-order valence-corrected chi connectivity index (χ2v) is 6.92. The summed E-state index contributed by atoms with van der Waals surface area (Å²) in [5.41, 5.74) is -0.482. The molecule has 4 heteroatoms. The number of hydrogen-bond acceptors (Lipinski definition) is 3. The van der Waals surface area contributed by atoms with Crippen molar-refractivity contribution in [2.45, 2.75) is 77.9 Å². The summed E-state index contributed by atoms with van der Waals surface area (Å²) >= 11 is 0. The number of rotatable bonds is 4. The lowest BCUT2D eigenvalue weighted by molar-refractivity contribution is -0.156. The van der Waals surface area contributed by atoms with E-state index in [9.17, 15) is 9.59 Å². The molecule has 1 aliphatic rings. The van der Waals surface area contributed by atoms with Gasteiger partial charge in [-0.05, 0) is 39.5 Å². The number of carbonyl (C=O) groups is 2. The maximum absolute atomic E-state index is 12.2. The maximum Gasteiger partial charge on any atom is 0.306 e. The molecule has 0 aromatic heterocycles. The second kappa shape index (κ2) is 7.09. The van der Waals surface area contributed by atoms with Crippen LogP contribution in [0.1, 0.15) is 66.2 Å². The van der Waals surface area contributed by atoms with Gasteiger partial charge in [-0.2, -0.15) is 0 Å². The molecule has 20 heavy (non-hydrogen) atoms. The van der Waals surface area contributed by atoms with Crippen molar-refractivity contribution >= 4 is 11.9 Å². The third-order valence-electron chi connectivity index (χ3n) is 3.92. The molecule has 0 spiro atoms. The van der Waals surface area contributed by atoms with Crippen LogP contribution in [0.25, 0.3) is 0 Å². The second-order valence-electron chi connectivity index (χ2n) is 6.92. The highest BCUT2D eigenvalue weighted by atomic mass is 16.6. The zero-order valence-electron chi connectivity index (χ0n) is 13.6. The lowest BCUT2D eigenvalue weighted by atomic mass is 9.85. The van der Waals surface area contributed by atoms with Gasteiger partial charge in [-0.15, -0.1) is 0 Å². The van der Waals surface area contributed by atoms with Gasteiger partial charge in [0.15, 0.2) is 0 Å². The molecule has 2 unspecified atom stereocenters. The van der Waals surface area contributed by atoms with Crippen molar-refractivity contribution in [3.63, 3.8) is 0 Å². The van der Waals surface area contributed by atoms with Gasteiger partial charge >= 0.3 is 5.97 Å². The van der Waals surface area contributed by atoms with Crippen molar-refractivity contribution in [3.8, 4) is 0 Å². The Kier molecular flexibility index (Phi) is 6.03. The highest BCUT2D eigenvalue weighted by Crippen LogP contribution is 2.27. The smallest absolute Gasteiger partial charge is 0.306 e. The predicted octanol–water partition coefficient (Wildman–Crippen LogP) is 3.15. The Morgan fingerprint density at radius 1 is 1.15 bits per heavy atom. The van der Waals surface area contributed by atoms with E-state index in [-0.39, 0.29) is 24.7 Å². The Hall–Kier alpha value is -1.06. The van der Waals surface area contributed by atoms with Gasteiger partial charge in [-0.25, -0.2) is 0 Å². The first-order valence-corrected chi connectivity index (χ1v) is 7.68. The molecule has 1 rings (SSSR count). The average Bonchev–Trinajstić information content (AvgIpc) is 2.33. The van der Waals surface area contributed by atoms with Gasteiger partial charge in [0.1, 0.15) is 5.60 Å². The van der Waals surface area contributed by atoms with Crippen LogP contribution in [0.2, 0.25) is 0 Å². The molecule has 2 atom stereocenters. The van der Waals surface area contributed by atoms with Crippen LogP contribution in [-0.2, 0) is 14.3 Å². The van der Waals surface area contributed by atoms with Crippen LogP contribution in [0, 0.1) is 5.92 Å². The molecular formula is C16H29NO3. The molecule has 0 heterocycles. The Bertz CT molecular complexity index is 346. The van der Waals surface area contributed by atoms with Crippen molar-refractivity contribution in [2.24, 2.45) is 5.92 Å². The van der Waals surface area contributed by atoms with Gasteiger partial charge in [0.25, 0.3) is 0 Å². The van der Waals surface area contributed by atoms with E-state index in [2.05, 4.69) is 6.92 Å². The van der Waals surface area contributed by atoms with Crippen LogP contribution in [0.4, 0.5) is 0 Å². The van der Waals surface area contributed by atoms with Crippen molar-refractivity contribution in [2.75, 3.05) is 7.05 Å². The molecule has 0 aliphatic heterocycles. The van der Waals surface area contributed by atoms with Gasteiger partial charge < -0.3 is 9.64 Å². The van der Waals surface area contributed by atoms with Crippen LogP contribution in [-0.4, -0.2) is 35.5 Å². The van der Waals surface area contributed by atoms with Gasteiger partial charge in [-0.3, -0.25) is 9.59 Å². The Labute approximate surface area is 122 Å². The summed E-state index contributed by atoms with van der Waals surface area (Å²) in [4.78, 5) is 25.7. The van der Waals surface area contributed by atoms with E-state index in [0.717, 1.165) is 6.42 Å². The summed E-state index contributed by atoms with van der Waals surface area (Å²) in [6.45, 7) is 7.72. The number of esters is 1. The van der Waals surface area contributed by atoms with Crippen molar-refractivity contribution < 1.29 is 14.3 Å². The summed E-state index contributed by atoms with van der Waals surface area (Å²) in [6, 6.07) is 0.329. The van der Waals surface area contributed by atoms with Crippen molar-refractivity contribution in [3.05, 3.63) is 0 Å². The Balaban J connectivity index is 2.40. The van der Waals surface area contributed by atoms with E-state index in [1.54, 1.807) is 0 Å². The van der Waals surface area contributed by atoms with Crippen molar-refractivity contribution in [1.29, 1.82) is 0 Å². The minimum Gasteiger partial charge on any atom is -0.460 e. The Morgan fingerprint density at radius 2 is 1.75 bits per heavy atom. The number of amides is 1. The third kappa shape index (κ3) is 5.51. The van der Waals surface area contributed by atoms with Crippen LogP contribution in [0.3, 0.4) is 0 Å². The highest BCUT2D eigenvalue weighted by molar-refractivity contribution is 5.81. The Morgan fingerprint density at radius 3 is 2.30 bits per heavy atom. The number of carbonyl (C=O) groups excluding carboxylic acids is 2. The molecular weight excluding hydrogens is 254 g/mol. The molecule has 0 aromatic rings. The zero-order valence-corrected chi connectivity index (χ0v) is 13.6. The molecule has 0 bridgehead atoms. The molecule has 1 saturated carbocycles. The van der Waals surface area contributed by atoms with E-state index >= 15 is 0 Å². The van der Waals surface area contributed by atoms with Crippen LogP contribution in [0.15, 0.2) is 0 Å². The van der Waals surface area contributed by atoms with Gasteiger partial charge in [0.05, 0.1) is 6.42 Å². The normalized spacial score (nSPS) is 23.2. The quantitative estimate of drug-likeness (QED) is 0.745. The maximum atomic E-state index is 12.2. The predicted molar refractivity (Wildman–Crippen MR) is 79.3 cm³/mol. The molecule has 1 fully saturated rings.